The number of aromatic amines is 1. The fraction of sp³-hybridized carbons (Fsp3) is 0.250. The fourth-order valence-electron chi connectivity index (χ4n) is 4.63. The van der Waals surface area contributed by atoms with Crippen LogP contribution in [0.15, 0.2) is 36.5 Å². The molecular weight excluding hydrogens is 446 g/mol. The number of H-pyrrole nitrogens is 1. The maximum Gasteiger partial charge on any atom is 0.274 e. The Bertz CT molecular complexity index is 1400. The van der Waals surface area contributed by atoms with Crippen LogP contribution in [0, 0.1) is 0 Å². The lowest BCUT2D eigenvalue weighted by Gasteiger charge is -2.17. The summed E-state index contributed by atoms with van der Waals surface area (Å²) in [4.78, 5) is 22.8. The third-order valence-corrected chi connectivity index (χ3v) is 6.45. The number of nitrogens with one attached hydrogen (secondary N) is 1. The topological polar surface area (TPSA) is 96.9 Å². The first-order chi connectivity index (χ1) is 16.0. The minimum atomic E-state index is -0.248. The second-order valence-electron chi connectivity index (χ2n) is 7.79. The van der Waals surface area contributed by atoms with Crippen LogP contribution >= 0.6 is 11.6 Å². The number of aromatic nitrogens is 2. The summed E-state index contributed by atoms with van der Waals surface area (Å²) in [6.45, 7) is 0.393. The van der Waals surface area contributed by atoms with Gasteiger partial charge in [-0.25, -0.2) is 0 Å². The first-order valence-corrected chi connectivity index (χ1v) is 10.9. The van der Waals surface area contributed by atoms with Crippen LogP contribution in [0.1, 0.15) is 22.0 Å². The molecule has 0 spiro atoms. The molecule has 0 fully saturated rings. The van der Waals surface area contributed by atoms with Crippen LogP contribution < -0.4 is 19.1 Å². The number of hydrogen-bond acceptors (Lipinski definition) is 6. The number of methoxy groups -OCH3 is 3. The largest absolute Gasteiger partial charge is 0.506 e. The third-order valence-electron chi connectivity index (χ3n) is 6.07. The van der Waals surface area contributed by atoms with E-state index in [1.807, 2.05) is 12.1 Å². The van der Waals surface area contributed by atoms with Gasteiger partial charge in [0.15, 0.2) is 11.5 Å². The van der Waals surface area contributed by atoms with Crippen LogP contribution in [0.4, 0.5) is 5.69 Å². The van der Waals surface area contributed by atoms with Gasteiger partial charge in [0, 0.05) is 41.4 Å². The number of nitrogens with zero attached hydrogens (tertiary/aromatic N) is 2. The molecule has 0 saturated carbocycles. The lowest BCUT2D eigenvalue weighted by atomic mass is 9.98. The highest BCUT2D eigenvalue weighted by atomic mass is 35.5. The average Bonchev–Trinajstić information content (AvgIpc) is 3.43. The first kappa shape index (κ1) is 21.2. The van der Waals surface area contributed by atoms with Crippen LogP contribution in [0.3, 0.4) is 0 Å². The molecule has 0 unspecified atom stereocenters. The molecule has 33 heavy (non-hydrogen) atoms. The minimum Gasteiger partial charge on any atom is -0.506 e. The number of ether oxygens (including phenoxy) is 3. The van der Waals surface area contributed by atoms with E-state index >= 15 is 0 Å². The molecular formula is C24H22ClN3O5. The maximum atomic E-state index is 13.6. The zero-order valence-corrected chi connectivity index (χ0v) is 19.1. The Morgan fingerprint density at radius 1 is 1.21 bits per heavy atom. The summed E-state index contributed by atoms with van der Waals surface area (Å²) in [7, 11) is 4.60. The molecule has 2 aromatic heterocycles. The lowest BCUT2D eigenvalue weighted by Crippen LogP contribution is -2.30. The SMILES string of the molecule is COc1cc2cc(C(=O)N3C[C@H](CCl)c4c3cc(O)c3ncccc43)[nH]c2c(OC)c1OC. The number of phenolic OH excluding ortho intramolecular Hbond substituents is 1. The molecule has 0 radical (unpaired) electrons. The number of anilines is 1. The molecule has 5 rings (SSSR count). The van der Waals surface area contributed by atoms with Gasteiger partial charge in [0.05, 0.1) is 32.5 Å². The molecule has 2 N–H and O–H groups in total. The average molecular weight is 468 g/mol. The van der Waals surface area contributed by atoms with Gasteiger partial charge < -0.3 is 29.2 Å². The Kier molecular flexibility index (Phi) is 5.17. The van der Waals surface area contributed by atoms with E-state index in [0.29, 0.717) is 52.1 Å². The second-order valence-corrected chi connectivity index (χ2v) is 8.10. The highest BCUT2D eigenvalue weighted by Crippen LogP contribution is 2.46. The molecule has 8 nitrogen and oxygen atoms in total. The second kappa shape index (κ2) is 8.04. The first-order valence-electron chi connectivity index (χ1n) is 10.3. The quantitative estimate of drug-likeness (QED) is 0.421. The van der Waals surface area contributed by atoms with Gasteiger partial charge in [0.25, 0.3) is 5.91 Å². The van der Waals surface area contributed by atoms with Crippen molar-refractivity contribution in [1.82, 2.24) is 9.97 Å². The molecule has 1 aliphatic rings. The van der Waals surface area contributed by atoms with Gasteiger partial charge in [-0.15, -0.1) is 11.6 Å². The highest BCUT2D eigenvalue weighted by Gasteiger charge is 2.36. The number of aromatic hydroxyl groups is 1. The van der Waals surface area contributed by atoms with Crippen LogP contribution in [0.2, 0.25) is 0 Å². The predicted molar refractivity (Wildman–Crippen MR) is 127 cm³/mol. The number of carbonyl (C=O) groups excluding carboxylic acids is 1. The molecule has 1 atom stereocenters. The van der Waals surface area contributed by atoms with Crippen molar-refractivity contribution in [3.05, 3.63) is 47.8 Å². The lowest BCUT2D eigenvalue weighted by molar-refractivity contribution is 0.0984. The van der Waals surface area contributed by atoms with Gasteiger partial charge in [0.1, 0.15) is 17.0 Å². The van der Waals surface area contributed by atoms with Crippen LogP contribution in [0.25, 0.3) is 21.8 Å². The zero-order valence-electron chi connectivity index (χ0n) is 18.3. The van der Waals surface area contributed by atoms with E-state index in [9.17, 15) is 9.90 Å². The summed E-state index contributed by atoms with van der Waals surface area (Å²) >= 11 is 6.29. The van der Waals surface area contributed by atoms with Gasteiger partial charge >= 0.3 is 0 Å². The maximum absolute atomic E-state index is 13.6. The number of benzene rings is 2. The van der Waals surface area contributed by atoms with E-state index in [1.165, 1.54) is 14.2 Å². The van der Waals surface area contributed by atoms with E-state index in [2.05, 4.69) is 9.97 Å². The van der Waals surface area contributed by atoms with Crippen molar-refractivity contribution >= 4 is 45.0 Å². The summed E-state index contributed by atoms with van der Waals surface area (Å²) < 4.78 is 16.4. The Labute approximate surface area is 194 Å². The molecule has 1 amide bonds. The van der Waals surface area contributed by atoms with Gasteiger partial charge in [-0.2, -0.15) is 0 Å². The molecule has 9 heteroatoms. The van der Waals surface area contributed by atoms with E-state index in [-0.39, 0.29) is 17.6 Å². The van der Waals surface area contributed by atoms with Gasteiger partial charge in [-0.05, 0) is 23.8 Å². The summed E-state index contributed by atoms with van der Waals surface area (Å²) in [5, 5.41) is 12.1. The number of hydrogen-bond donors (Lipinski definition) is 2. The summed E-state index contributed by atoms with van der Waals surface area (Å²) in [6.07, 6.45) is 1.63. The van der Waals surface area contributed by atoms with E-state index in [0.717, 1.165) is 16.3 Å². The number of phenols is 1. The minimum absolute atomic E-state index is 0.0187. The van der Waals surface area contributed by atoms with Crippen LogP contribution in [-0.4, -0.2) is 54.7 Å². The smallest absolute Gasteiger partial charge is 0.274 e. The van der Waals surface area contributed by atoms with Gasteiger partial charge in [0.2, 0.25) is 5.75 Å². The molecule has 170 valence electrons. The highest BCUT2D eigenvalue weighted by molar-refractivity contribution is 6.19. The number of carbonyl (C=O) groups is 1. The monoisotopic (exact) mass is 467 g/mol. The van der Waals surface area contributed by atoms with E-state index in [1.54, 1.807) is 36.4 Å². The molecule has 2 aromatic carbocycles. The van der Waals surface area contributed by atoms with Crippen molar-refractivity contribution in [2.75, 3.05) is 38.7 Å². The fourth-order valence-corrected chi connectivity index (χ4v) is 4.88. The summed E-state index contributed by atoms with van der Waals surface area (Å²) in [6, 6.07) is 8.82. The van der Waals surface area contributed by atoms with Crippen LogP contribution in [0.5, 0.6) is 23.0 Å². The Morgan fingerprint density at radius 3 is 2.70 bits per heavy atom. The number of fused-ring (bicyclic) bond motifs is 4. The molecule has 3 heterocycles. The molecule has 1 aliphatic heterocycles. The summed E-state index contributed by atoms with van der Waals surface area (Å²) in [5.74, 6) is 1.40. The van der Waals surface area contributed by atoms with Crippen molar-refractivity contribution in [3.8, 4) is 23.0 Å². The molecule has 0 saturated heterocycles. The van der Waals surface area contributed by atoms with Crippen molar-refractivity contribution in [2.24, 2.45) is 0 Å². The zero-order chi connectivity index (χ0) is 23.3. The van der Waals surface area contributed by atoms with Crippen molar-refractivity contribution in [2.45, 2.75) is 5.92 Å². The third kappa shape index (κ3) is 3.13. The number of amides is 1. The van der Waals surface area contributed by atoms with Crippen LogP contribution in [-0.2, 0) is 0 Å². The number of alkyl halides is 1. The normalized spacial score (nSPS) is 15.2. The van der Waals surface area contributed by atoms with Gasteiger partial charge in [-0.3, -0.25) is 9.78 Å². The van der Waals surface area contributed by atoms with Crippen molar-refractivity contribution in [1.29, 1.82) is 0 Å². The number of halogens is 1. The van der Waals surface area contributed by atoms with E-state index < -0.39 is 0 Å². The summed E-state index contributed by atoms with van der Waals surface area (Å²) in [5.41, 5.74) is 3.03. The predicted octanol–water partition coefficient (Wildman–Crippen LogP) is 4.43. The number of rotatable bonds is 5. The molecule has 4 aromatic rings. The Morgan fingerprint density at radius 2 is 2.00 bits per heavy atom. The molecule has 0 bridgehead atoms. The van der Waals surface area contributed by atoms with Crippen molar-refractivity contribution < 1.29 is 24.1 Å². The Balaban J connectivity index is 1.64. The number of pyridine rings is 1. The molecule has 0 aliphatic carbocycles. The van der Waals surface area contributed by atoms with E-state index in [4.69, 9.17) is 25.8 Å². The van der Waals surface area contributed by atoms with Gasteiger partial charge in [-0.1, -0.05) is 6.07 Å². The Hall–Kier alpha value is -3.65. The standard InChI is InChI=1S/C24H22ClN3O5/c1-31-18-8-12-7-15(27-20(12)23(33-3)22(18)32-2)24(30)28-11-13(10-25)19-14-5-4-6-26-21(14)17(29)9-16(19)28/h4-9,13,27,29H,10-11H2,1-3H3/t13-/m0/s1. The van der Waals surface area contributed by atoms with Crippen molar-refractivity contribution in [3.63, 3.8) is 0 Å².